The molecule has 2 bridgehead atoms. The summed E-state index contributed by atoms with van der Waals surface area (Å²) in [6.07, 6.45) is 7.34. The lowest BCUT2D eigenvalue weighted by molar-refractivity contribution is 0.0607. The van der Waals surface area contributed by atoms with Crippen LogP contribution in [0, 0.1) is 6.92 Å². The third-order valence-corrected chi connectivity index (χ3v) is 12.4. The number of amides is 1. The number of hydrogen-bond acceptors (Lipinski definition) is 5. The summed E-state index contributed by atoms with van der Waals surface area (Å²) in [6, 6.07) is 22.5. The molecule has 3 atom stereocenters. The smallest absolute Gasteiger partial charge is 0.253 e. The standard InChI is InChI=1S/C35H39Cl2N5O3S/c1-23-39-31-4-2-3-5-32(31)42(23)29-21-27-11-12-28(22-29)41(27)19-16-35(25-7-9-26(36)10-8-25)14-17-40(18-15-35)34(43)24-6-13-30(37)33(20-24)46(38,44)45/h2-10,13,20,27-29H,11-12,14-19,21-22H2,1H3,(H2,38,44,45)/t27-,28+,29?. The highest BCUT2D eigenvalue weighted by molar-refractivity contribution is 7.89. The van der Waals surface area contributed by atoms with Crippen molar-refractivity contribution in [1.29, 1.82) is 0 Å². The van der Waals surface area contributed by atoms with Gasteiger partial charge in [0.25, 0.3) is 5.91 Å². The highest BCUT2D eigenvalue weighted by Gasteiger charge is 2.44. The van der Waals surface area contributed by atoms with E-state index in [9.17, 15) is 13.2 Å². The van der Waals surface area contributed by atoms with Crippen molar-refractivity contribution >= 4 is 50.2 Å². The predicted molar refractivity (Wildman–Crippen MR) is 182 cm³/mol. The predicted octanol–water partition coefficient (Wildman–Crippen LogP) is 6.73. The Bertz CT molecular complexity index is 1870. The summed E-state index contributed by atoms with van der Waals surface area (Å²) in [5, 5.41) is 6.06. The number of para-hydroxylation sites is 2. The molecular formula is C35H39Cl2N5O3S. The molecular weight excluding hydrogens is 641 g/mol. The number of fused-ring (bicyclic) bond motifs is 3. The number of primary sulfonamides is 1. The Morgan fingerprint density at radius 1 is 0.957 bits per heavy atom. The van der Waals surface area contributed by atoms with Crippen molar-refractivity contribution in [2.45, 2.75) is 80.3 Å². The minimum Gasteiger partial charge on any atom is -0.339 e. The maximum Gasteiger partial charge on any atom is 0.253 e. The number of aryl methyl sites for hydroxylation is 1. The minimum absolute atomic E-state index is 0.00552. The fraction of sp³-hybridized carbons (Fsp3) is 0.429. The van der Waals surface area contributed by atoms with E-state index >= 15 is 0 Å². The fourth-order valence-corrected chi connectivity index (χ4v) is 9.65. The maximum atomic E-state index is 13.5. The second kappa shape index (κ2) is 12.3. The van der Waals surface area contributed by atoms with Crippen molar-refractivity contribution in [2.75, 3.05) is 19.6 Å². The van der Waals surface area contributed by atoms with Gasteiger partial charge in [-0.25, -0.2) is 18.5 Å². The summed E-state index contributed by atoms with van der Waals surface area (Å²) in [4.78, 5) is 22.7. The van der Waals surface area contributed by atoms with Gasteiger partial charge in [-0.15, -0.1) is 0 Å². The first-order valence-electron chi connectivity index (χ1n) is 16.1. The molecule has 3 aliphatic heterocycles. The average Bonchev–Trinajstić information content (AvgIpc) is 3.50. The quantitative estimate of drug-likeness (QED) is 0.233. The summed E-state index contributed by atoms with van der Waals surface area (Å²) in [6.45, 7) is 4.28. The van der Waals surface area contributed by atoms with E-state index in [2.05, 4.69) is 52.8 Å². The van der Waals surface area contributed by atoms with Gasteiger partial charge in [0.15, 0.2) is 0 Å². The number of imidazole rings is 1. The SMILES string of the molecule is Cc1nc2ccccc2n1C1C[C@H]2CC[C@@H](C1)N2CCC1(c2ccc(Cl)cc2)CCN(C(=O)c2ccc(Cl)c(S(N)(=O)=O)c2)CC1. The molecule has 11 heteroatoms. The van der Waals surface area contributed by atoms with Crippen LogP contribution in [0.3, 0.4) is 0 Å². The van der Waals surface area contributed by atoms with Gasteiger partial charge in [-0.05, 0) is 112 Å². The number of likely N-dealkylation sites (tertiary alicyclic amines) is 1. The lowest BCUT2D eigenvalue weighted by Gasteiger charge is -2.45. The van der Waals surface area contributed by atoms with Gasteiger partial charge in [0.2, 0.25) is 10.0 Å². The number of rotatable bonds is 7. The van der Waals surface area contributed by atoms with Gasteiger partial charge < -0.3 is 9.47 Å². The average molecular weight is 681 g/mol. The lowest BCUT2D eigenvalue weighted by Crippen LogP contribution is -2.49. The van der Waals surface area contributed by atoms with Gasteiger partial charge >= 0.3 is 0 Å². The van der Waals surface area contributed by atoms with E-state index in [1.54, 1.807) is 6.07 Å². The molecule has 1 aromatic heterocycles. The van der Waals surface area contributed by atoms with Crippen LogP contribution in [0.1, 0.15) is 72.7 Å². The highest BCUT2D eigenvalue weighted by atomic mass is 35.5. The van der Waals surface area contributed by atoms with E-state index in [4.69, 9.17) is 33.3 Å². The molecule has 4 heterocycles. The summed E-state index contributed by atoms with van der Waals surface area (Å²) in [7, 11) is -4.05. The van der Waals surface area contributed by atoms with Crippen LogP contribution in [-0.4, -0.2) is 65.4 Å². The molecule has 0 radical (unpaired) electrons. The molecule has 46 heavy (non-hydrogen) atoms. The topological polar surface area (TPSA) is 102 Å². The summed E-state index contributed by atoms with van der Waals surface area (Å²) >= 11 is 12.4. The number of sulfonamides is 1. The third-order valence-electron chi connectivity index (χ3n) is 10.8. The van der Waals surface area contributed by atoms with Crippen LogP contribution in [0.15, 0.2) is 71.6 Å². The number of nitrogens with zero attached hydrogens (tertiary/aromatic N) is 4. The first-order valence-corrected chi connectivity index (χ1v) is 18.4. The molecule has 0 aliphatic carbocycles. The number of piperidine rings is 2. The maximum absolute atomic E-state index is 13.5. The lowest BCUT2D eigenvalue weighted by atomic mass is 9.70. The Balaban J connectivity index is 1.08. The summed E-state index contributed by atoms with van der Waals surface area (Å²) < 4.78 is 26.5. The minimum atomic E-state index is -4.05. The Morgan fingerprint density at radius 2 is 1.63 bits per heavy atom. The number of benzene rings is 3. The molecule has 7 rings (SSSR count). The van der Waals surface area contributed by atoms with E-state index < -0.39 is 10.0 Å². The monoisotopic (exact) mass is 679 g/mol. The zero-order valence-electron chi connectivity index (χ0n) is 25.9. The molecule has 3 fully saturated rings. The fourth-order valence-electron chi connectivity index (χ4n) is 8.45. The molecule has 0 spiro atoms. The van der Waals surface area contributed by atoms with Gasteiger partial charge in [0, 0.05) is 41.8 Å². The number of nitrogens with two attached hydrogens (primary N) is 1. The molecule has 1 unspecified atom stereocenters. The van der Waals surface area contributed by atoms with E-state index in [1.807, 2.05) is 17.0 Å². The van der Waals surface area contributed by atoms with Crippen LogP contribution in [-0.2, 0) is 15.4 Å². The number of carbonyl (C=O) groups is 1. The van der Waals surface area contributed by atoms with E-state index in [0.29, 0.717) is 36.2 Å². The van der Waals surface area contributed by atoms with Gasteiger partial charge in [-0.1, -0.05) is 47.5 Å². The van der Waals surface area contributed by atoms with Crippen LogP contribution in [0.5, 0.6) is 0 Å². The Morgan fingerprint density at radius 3 is 2.30 bits per heavy atom. The molecule has 1 amide bonds. The van der Waals surface area contributed by atoms with Gasteiger partial charge in [-0.2, -0.15) is 0 Å². The second-order valence-corrected chi connectivity index (χ2v) is 15.7. The van der Waals surface area contributed by atoms with E-state index in [-0.39, 0.29) is 26.8 Å². The van der Waals surface area contributed by atoms with Crippen LogP contribution in [0.2, 0.25) is 10.0 Å². The Hall–Kier alpha value is -2.95. The summed E-state index contributed by atoms with van der Waals surface area (Å²) in [5.74, 6) is 0.884. The molecule has 3 saturated heterocycles. The van der Waals surface area contributed by atoms with Crippen LogP contribution < -0.4 is 5.14 Å². The molecule has 3 aliphatic rings. The highest BCUT2D eigenvalue weighted by Crippen LogP contribution is 2.45. The number of halogens is 2. The Kier molecular flexibility index (Phi) is 8.43. The second-order valence-electron chi connectivity index (χ2n) is 13.3. The third kappa shape index (κ3) is 5.85. The molecule has 2 N–H and O–H groups in total. The van der Waals surface area contributed by atoms with Gasteiger partial charge in [0.05, 0.1) is 16.1 Å². The van der Waals surface area contributed by atoms with Gasteiger partial charge in [-0.3, -0.25) is 9.69 Å². The Labute approximate surface area is 280 Å². The van der Waals surface area contributed by atoms with Gasteiger partial charge in [0.1, 0.15) is 10.7 Å². The normalized spacial score (nSPS) is 23.2. The number of hydrogen-bond donors (Lipinski definition) is 1. The van der Waals surface area contributed by atoms with Crippen molar-refractivity contribution in [1.82, 2.24) is 19.4 Å². The zero-order valence-corrected chi connectivity index (χ0v) is 28.2. The molecule has 3 aromatic carbocycles. The van der Waals surface area contributed by atoms with E-state index in [1.165, 1.54) is 36.1 Å². The van der Waals surface area contributed by atoms with E-state index in [0.717, 1.165) is 50.0 Å². The van der Waals surface area contributed by atoms with Crippen molar-refractivity contribution in [2.24, 2.45) is 5.14 Å². The van der Waals surface area contributed by atoms with Crippen LogP contribution in [0.4, 0.5) is 0 Å². The van der Waals surface area contributed by atoms with Crippen molar-refractivity contribution < 1.29 is 13.2 Å². The zero-order chi connectivity index (χ0) is 32.2. The van der Waals surface area contributed by atoms with Crippen molar-refractivity contribution in [3.05, 3.63) is 93.7 Å². The van der Waals surface area contributed by atoms with Crippen LogP contribution >= 0.6 is 23.2 Å². The largest absolute Gasteiger partial charge is 0.339 e. The first-order chi connectivity index (χ1) is 22.0. The van der Waals surface area contributed by atoms with Crippen LogP contribution in [0.25, 0.3) is 11.0 Å². The number of carbonyl (C=O) groups excluding carboxylic acids is 1. The molecule has 8 nitrogen and oxygen atoms in total. The first kappa shape index (κ1) is 31.6. The van der Waals surface area contributed by atoms with Crippen molar-refractivity contribution in [3.63, 3.8) is 0 Å². The van der Waals surface area contributed by atoms with Crippen molar-refractivity contribution in [3.8, 4) is 0 Å². The molecule has 0 saturated carbocycles. The molecule has 4 aromatic rings. The summed E-state index contributed by atoms with van der Waals surface area (Å²) in [5.41, 5.74) is 3.74. The number of aromatic nitrogens is 2. The molecule has 242 valence electrons.